The minimum atomic E-state index is -0.895. The summed E-state index contributed by atoms with van der Waals surface area (Å²) in [5.41, 5.74) is 5.03. The van der Waals surface area contributed by atoms with Gasteiger partial charge < -0.3 is 10.8 Å². The normalized spacial score (nSPS) is 11.5. The van der Waals surface area contributed by atoms with Gasteiger partial charge in [-0.2, -0.15) is 0 Å². The molecule has 11 heavy (non-hydrogen) atoms. The first kappa shape index (κ1) is 7.94. The Morgan fingerprint density at radius 1 is 1.36 bits per heavy atom. The molecule has 0 aromatic carbocycles. The van der Waals surface area contributed by atoms with E-state index < -0.39 is 5.60 Å². The SMILES string of the molecule is CC(C)(O)c1cnc(N)nc1. The van der Waals surface area contributed by atoms with Crippen molar-refractivity contribution in [3.8, 4) is 0 Å². The van der Waals surface area contributed by atoms with Crippen LogP contribution in [-0.2, 0) is 5.60 Å². The highest BCUT2D eigenvalue weighted by Gasteiger charge is 2.15. The molecule has 60 valence electrons. The maximum absolute atomic E-state index is 9.46. The van der Waals surface area contributed by atoms with Gasteiger partial charge in [-0.05, 0) is 13.8 Å². The summed E-state index contributed by atoms with van der Waals surface area (Å²) in [6.07, 6.45) is 3.03. The predicted molar refractivity (Wildman–Crippen MR) is 41.7 cm³/mol. The Labute approximate surface area is 65.1 Å². The number of nitrogen functional groups attached to an aromatic ring is 1. The smallest absolute Gasteiger partial charge is 0.219 e. The van der Waals surface area contributed by atoms with Crippen molar-refractivity contribution in [2.45, 2.75) is 19.4 Å². The number of aliphatic hydroxyl groups is 1. The molecule has 1 rings (SSSR count). The van der Waals surface area contributed by atoms with Gasteiger partial charge in [-0.1, -0.05) is 0 Å². The molecule has 0 radical (unpaired) electrons. The van der Waals surface area contributed by atoms with Crippen molar-refractivity contribution >= 4 is 5.95 Å². The quantitative estimate of drug-likeness (QED) is 0.608. The number of anilines is 1. The summed E-state index contributed by atoms with van der Waals surface area (Å²) in [5.74, 6) is 0.220. The summed E-state index contributed by atoms with van der Waals surface area (Å²) < 4.78 is 0. The monoisotopic (exact) mass is 153 g/mol. The summed E-state index contributed by atoms with van der Waals surface area (Å²) in [6, 6.07) is 0. The summed E-state index contributed by atoms with van der Waals surface area (Å²) in [4.78, 5) is 7.50. The minimum absolute atomic E-state index is 0.220. The first-order valence-corrected chi connectivity index (χ1v) is 3.30. The molecule has 4 nitrogen and oxygen atoms in total. The summed E-state index contributed by atoms with van der Waals surface area (Å²) in [5, 5.41) is 9.46. The van der Waals surface area contributed by atoms with E-state index in [1.54, 1.807) is 13.8 Å². The van der Waals surface area contributed by atoms with Gasteiger partial charge in [-0.15, -0.1) is 0 Å². The van der Waals surface area contributed by atoms with Crippen LogP contribution in [0.25, 0.3) is 0 Å². The highest BCUT2D eigenvalue weighted by atomic mass is 16.3. The molecular formula is C7H11N3O. The Kier molecular flexibility index (Phi) is 1.78. The van der Waals surface area contributed by atoms with Crippen LogP contribution in [0.4, 0.5) is 5.95 Å². The summed E-state index contributed by atoms with van der Waals surface area (Å²) >= 11 is 0. The van der Waals surface area contributed by atoms with Gasteiger partial charge in [0.25, 0.3) is 0 Å². The molecule has 0 aliphatic heterocycles. The topological polar surface area (TPSA) is 72.0 Å². The van der Waals surface area contributed by atoms with E-state index in [1.165, 1.54) is 12.4 Å². The molecule has 1 aromatic rings. The van der Waals surface area contributed by atoms with Crippen LogP contribution in [0.3, 0.4) is 0 Å². The molecule has 0 amide bonds. The Morgan fingerprint density at radius 2 is 1.82 bits per heavy atom. The second-order valence-corrected chi connectivity index (χ2v) is 2.89. The first-order chi connectivity index (χ1) is 5.00. The first-order valence-electron chi connectivity index (χ1n) is 3.30. The van der Waals surface area contributed by atoms with E-state index >= 15 is 0 Å². The van der Waals surface area contributed by atoms with E-state index in [0.717, 1.165) is 0 Å². The Hall–Kier alpha value is -1.16. The van der Waals surface area contributed by atoms with Gasteiger partial charge in [-0.3, -0.25) is 0 Å². The molecule has 0 aliphatic carbocycles. The lowest BCUT2D eigenvalue weighted by Crippen LogP contribution is -2.16. The molecule has 0 saturated heterocycles. The number of hydrogen-bond donors (Lipinski definition) is 2. The average Bonchev–Trinajstić information content (AvgIpc) is 1.86. The van der Waals surface area contributed by atoms with Crippen LogP contribution in [-0.4, -0.2) is 15.1 Å². The van der Waals surface area contributed by atoms with Crippen LogP contribution < -0.4 is 5.73 Å². The lowest BCUT2D eigenvalue weighted by molar-refractivity contribution is 0.0779. The highest BCUT2D eigenvalue weighted by molar-refractivity contribution is 5.20. The molecule has 0 saturated carbocycles. The molecule has 4 heteroatoms. The zero-order valence-electron chi connectivity index (χ0n) is 6.57. The average molecular weight is 153 g/mol. The molecule has 0 aliphatic rings. The lowest BCUT2D eigenvalue weighted by Gasteiger charge is -2.15. The zero-order chi connectivity index (χ0) is 8.48. The number of hydrogen-bond acceptors (Lipinski definition) is 4. The maximum Gasteiger partial charge on any atom is 0.219 e. The lowest BCUT2D eigenvalue weighted by atomic mass is 10.0. The Balaban J connectivity index is 2.99. The molecule has 0 spiro atoms. The van der Waals surface area contributed by atoms with Crippen LogP contribution in [0.5, 0.6) is 0 Å². The number of aromatic nitrogens is 2. The Morgan fingerprint density at radius 3 is 2.18 bits per heavy atom. The van der Waals surface area contributed by atoms with Crippen molar-refractivity contribution in [2.75, 3.05) is 5.73 Å². The Bertz CT molecular complexity index is 237. The molecule has 0 fully saturated rings. The fraction of sp³-hybridized carbons (Fsp3) is 0.429. The van der Waals surface area contributed by atoms with E-state index in [1.807, 2.05) is 0 Å². The van der Waals surface area contributed by atoms with Crippen molar-refractivity contribution < 1.29 is 5.11 Å². The fourth-order valence-electron chi connectivity index (χ4n) is 0.654. The van der Waals surface area contributed by atoms with Crippen molar-refractivity contribution in [3.05, 3.63) is 18.0 Å². The number of nitrogens with zero attached hydrogens (tertiary/aromatic N) is 2. The highest BCUT2D eigenvalue weighted by Crippen LogP contribution is 2.16. The number of nitrogens with two attached hydrogens (primary N) is 1. The van der Waals surface area contributed by atoms with Gasteiger partial charge in [0.1, 0.15) is 0 Å². The third-order valence-electron chi connectivity index (χ3n) is 1.38. The molecule has 0 unspecified atom stereocenters. The fourth-order valence-corrected chi connectivity index (χ4v) is 0.654. The minimum Gasteiger partial charge on any atom is -0.386 e. The molecule has 3 N–H and O–H groups in total. The molecule has 1 aromatic heterocycles. The van der Waals surface area contributed by atoms with E-state index in [-0.39, 0.29) is 5.95 Å². The van der Waals surface area contributed by atoms with E-state index in [0.29, 0.717) is 5.56 Å². The summed E-state index contributed by atoms with van der Waals surface area (Å²) in [6.45, 7) is 3.34. The number of rotatable bonds is 1. The van der Waals surface area contributed by atoms with Crippen molar-refractivity contribution in [3.63, 3.8) is 0 Å². The second kappa shape index (κ2) is 2.47. The largest absolute Gasteiger partial charge is 0.386 e. The predicted octanol–water partition coefficient (Wildman–Crippen LogP) is 0.286. The van der Waals surface area contributed by atoms with Gasteiger partial charge in [-0.25, -0.2) is 9.97 Å². The van der Waals surface area contributed by atoms with E-state index in [2.05, 4.69) is 9.97 Å². The van der Waals surface area contributed by atoms with E-state index in [4.69, 9.17) is 5.73 Å². The standard InChI is InChI=1S/C7H11N3O/c1-7(2,11)5-3-9-6(8)10-4-5/h3-4,11H,1-2H3,(H2,8,9,10). The van der Waals surface area contributed by atoms with Crippen LogP contribution >= 0.6 is 0 Å². The third-order valence-corrected chi connectivity index (χ3v) is 1.38. The van der Waals surface area contributed by atoms with Gasteiger partial charge in [0.2, 0.25) is 5.95 Å². The van der Waals surface area contributed by atoms with Crippen LogP contribution in [0, 0.1) is 0 Å². The summed E-state index contributed by atoms with van der Waals surface area (Å²) in [7, 11) is 0. The van der Waals surface area contributed by atoms with Crippen LogP contribution in [0.2, 0.25) is 0 Å². The van der Waals surface area contributed by atoms with Gasteiger partial charge >= 0.3 is 0 Å². The molecule has 0 atom stereocenters. The van der Waals surface area contributed by atoms with Gasteiger partial charge in [0.05, 0.1) is 5.60 Å². The molecule has 1 heterocycles. The van der Waals surface area contributed by atoms with E-state index in [9.17, 15) is 5.11 Å². The second-order valence-electron chi connectivity index (χ2n) is 2.89. The molecule has 0 bridgehead atoms. The van der Waals surface area contributed by atoms with Crippen LogP contribution in [0.1, 0.15) is 19.4 Å². The van der Waals surface area contributed by atoms with Gasteiger partial charge in [0.15, 0.2) is 0 Å². The zero-order valence-corrected chi connectivity index (χ0v) is 6.57. The van der Waals surface area contributed by atoms with Crippen molar-refractivity contribution in [1.82, 2.24) is 9.97 Å². The van der Waals surface area contributed by atoms with Crippen LogP contribution in [0.15, 0.2) is 12.4 Å². The third kappa shape index (κ3) is 1.88. The van der Waals surface area contributed by atoms with Crippen molar-refractivity contribution in [1.29, 1.82) is 0 Å². The maximum atomic E-state index is 9.46. The van der Waals surface area contributed by atoms with Gasteiger partial charge in [0, 0.05) is 18.0 Å². The molecular weight excluding hydrogens is 142 g/mol. The van der Waals surface area contributed by atoms with Crippen molar-refractivity contribution in [2.24, 2.45) is 0 Å².